The average molecular weight is 176 g/mol. The first-order chi connectivity index (χ1) is 5.29. The van der Waals surface area contributed by atoms with Crippen LogP contribution in [0.3, 0.4) is 0 Å². The molecule has 0 amide bonds. The molecule has 0 aromatic rings. The van der Waals surface area contributed by atoms with Gasteiger partial charge in [-0.2, -0.15) is 21.6 Å². The molecule has 0 aromatic carbocycles. The molecule has 0 saturated heterocycles. The van der Waals surface area contributed by atoms with Gasteiger partial charge >= 0.3 is 0 Å². The third kappa shape index (κ3) is 3.46. The molecule has 0 radical (unpaired) electrons. The second-order valence-electron chi connectivity index (χ2n) is 2.21. The van der Waals surface area contributed by atoms with Gasteiger partial charge in [0.2, 0.25) is 0 Å². The van der Waals surface area contributed by atoms with Gasteiger partial charge in [0, 0.05) is 5.75 Å². The molecule has 0 aliphatic carbocycles. The zero-order chi connectivity index (χ0) is 8.69. The normalized spacial score (nSPS) is 15.5. The van der Waals surface area contributed by atoms with Gasteiger partial charge in [-0.25, -0.2) is 0 Å². The predicted octanol–water partition coefficient (Wildman–Crippen LogP) is 2.03. The predicted molar refractivity (Wildman–Crippen MR) is 47.8 cm³/mol. The van der Waals surface area contributed by atoms with Gasteiger partial charge in [0.1, 0.15) is 12.1 Å². The van der Waals surface area contributed by atoms with Crippen molar-refractivity contribution in [2.24, 2.45) is 10.4 Å². The van der Waals surface area contributed by atoms with Gasteiger partial charge < -0.3 is 0 Å². The van der Waals surface area contributed by atoms with E-state index in [0.717, 1.165) is 0 Å². The summed E-state index contributed by atoms with van der Waals surface area (Å²) in [7, 11) is 0. The van der Waals surface area contributed by atoms with Crippen LogP contribution in [0.1, 0.15) is 13.3 Å². The highest BCUT2D eigenvalue weighted by molar-refractivity contribution is 7.98. The van der Waals surface area contributed by atoms with Gasteiger partial charge in [-0.1, -0.05) is 17.3 Å². The summed E-state index contributed by atoms with van der Waals surface area (Å²) in [5.41, 5.74) is 0. The molecular weight excluding hydrogens is 164 g/mol. The molecule has 5 heteroatoms. The van der Waals surface area contributed by atoms with Crippen LogP contribution in [0, 0.1) is 9.81 Å². The molecule has 0 aliphatic heterocycles. The molecule has 0 spiro atoms. The van der Waals surface area contributed by atoms with Crippen LogP contribution >= 0.6 is 11.8 Å². The fourth-order valence-corrected chi connectivity index (χ4v) is 1.42. The van der Waals surface area contributed by atoms with Gasteiger partial charge in [0.05, 0.1) is 0 Å². The zero-order valence-electron chi connectivity index (χ0n) is 6.69. The smallest absolute Gasteiger partial charge is 0.127 e. The van der Waals surface area contributed by atoms with E-state index in [1.54, 1.807) is 0 Å². The van der Waals surface area contributed by atoms with E-state index in [0.29, 0.717) is 12.2 Å². The van der Waals surface area contributed by atoms with E-state index < -0.39 is 12.1 Å². The molecule has 0 saturated carbocycles. The van der Waals surface area contributed by atoms with E-state index in [9.17, 15) is 9.81 Å². The Morgan fingerprint density at radius 1 is 1.27 bits per heavy atom. The molecule has 4 nitrogen and oxygen atoms in total. The summed E-state index contributed by atoms with van der Waals surface area (Å²) in [6.07, 6.45) is 2.45. The van der Waals surface area contributed by atoms with Crippen molar-refractivity contribution < 1.29 is 0 Å². The Bertz CT molecular complexity index is 132. The van der Waals surface area contributed by atoms with Crippen molar-refractivity contribution in [1.29, 1.82) is 0 Å². The summed E-state index contributed by atoms with van der Waals surface area (Å²) in [5.74, 6) is 0.577. The maximum Gasteiger partial charge on any atom is 0.127 e. The van der Waals surface area contributed by atoms with Crippen molar-refractivity contribution in [1.82, 2.24) is 0 Å². The molecule has 2 unspecified atom stereocenters. The number of hydrogen-bond donors (Lipinski definition) is 0. The molecule has 0 aromatic heterocycles. The lowest BCUT2D eigenvalue weighted by atomic mass is 10.1. The third-order valence-electron chi connectivity index (χ3n) is 1.47. The highest BCUT2D eigenvalue weighted by Crippen LogP contribution is 2.11. The molecule has 0 rings (SSSR count). The Labute approximate surface area is 70.1 Å². The van der Waals surface area contributed by atoms with Crippen LogP contribution in [0.2, 0.25) is 0 Å². The quantitative estimate of drug-likeness (QED) is 0.582. The van der Waals surface area contributed by atoms with E-state index in [1.165, 1.54) is 11.8 Å². The van der Waals surface area contributed by atoms with Crippen molar-refractivity contribution in [3.05, 3.63) is 9.81 Å². The highest BCUT2D eigenvalue weighted by Gasteiger charge is 2.20. The summed E-state index contributed by atoms with van der Waals surface area (Å²) >= 11 is 1.50. The van der Waals surface area contributed by atoms with Crippen molar-refractivity contribution in [2.45, 2.75) is 25.4 Å². The maximum atomic E-state index is 10.2. The second-order valence-corrected chi connectivity index (χ2v) is 3.12. The van der Waals surface area contributed by atoms with Crippen LogP contribution in [0.5, 0.6) is 0 Å². The average Bonchev–Trinajstić information content (AvgIpc) is 2.05. The van der Waals surface area contributed by atoms with Gasteiger partial charge in [-0.3, -0.25) is 0 Å². The maximum absolute atomic E-state index is 10.2. The summed E-state index contributed by atoms with van der Waals surface area (Å²) in [6.45, 7) is 1.82. The molecule has 0 heterocycles. The Morgan fingerprint density at radius 3 is 2.09 bits per heavy atom. The minimum atomic E-state index is -0.451. The van der Waals surface area contributed by atoms with Crippen LogP contribution in [-0.2, 0) is 0 Å². The molecule has 64 valence electrons. The Balaban J connectivity index is 3.96. The van der Waals surface area contributed by atoms with Crippen LogP contribution < -0.4 is 0 Å². The standard InChI is InChI=1S/C6H12N2O2S/c1-3-5(7-9)6(8-10)4-11-2/h5-6H,3-4H2,1-2H3. The topological polar surface area (TPSA) is 58.9 Å². The van der Waals surface area contributed by atoms with Crippen LogP contribution in [0.4, 0.5) is 0 Å². The number of rotatable bonds is 6. The van der Waals surface area contributed by atoms with E-state index in [2.05, 4.69) is 10.4 Å². The molecule has 2 atom stereocenters. The first kappa shape index (κ1) is 10.6. The summed E-state index contributed by atoms with van der Waals surface area (Å²) in [6, 6.07) is -0.896. The minimum absolute atomic E-state index is 0.444. The zero-order valence-corrected chi connectivity index (χ0v) is 7.50. The van der Waals surface area contributed by atoms with Crippen LogP contribution in [-0.4, -0.2) is 24.1 Å². The lowest BCUT2D eigenvalue weighted by Crippen LogP contribution is -2.23. The number of thioether (sulfide) groups is 1. The van der Waals surface area contributed by atoms with Gasteiger partial charge in [0.25, 0.3) is 0 Å². The van der Waals surface area contributed by atoms with Crippen molar-refractivity contribution in [2.75, 3.05) is 12.0 Å². The fourth-order valence-electron chi connectivity index (χ4n) is 0.799. The first-order valence-electron chi connectivity index (χ1n) is 3.44. The van der Waals surface area contributed by atoms with E-state index in [4.69, 9.17) is 0 Å². The van der Waals surface area contributed by atoms with Crippen molar-refractivity contribution in [3.63, 3.8) is 0 Å². The number of hydrogen-bond acceptors (Lipinski definition) is 5. The monoisotopic (exact) mass is 176 g/mol. The van der Waals surface area contributed by atoms with Crippen molar-refractivity contribution in [3.8, 4) is 0 Å². The van der Waals surface area contributed by atoms with Gasteiger partial charge in [0.15, 0.2) is 0 Å². The third-order valence-corrected chi connectivity index (χ3v) is 2.15. The van der Waals surface area contributed by atoms with E-state index in [-0.39, 0.29) is 0 Å². The molecule has 11 heavy (non-hydrogen) atoms. The lowest BCUT2D eigenvalue weighted by molar-refractivity contribution is 0.549. The summed E-state index contributed by atoms with van der Waals surface area (Å²) < 4.78 is 0. The van der Waals surface area contributed by atoms with Crippen LogP contribution in [0.25, 0.3) is 0 Å². The Kier molecular flexibility index (Phi) is 6.02. The SMILES string of the molecule is CCC(N=O)C(CSC)N=O. The highest BCUT2D eigenvalue weighted by atomic mass is 32.2. The fraction of sp³-hybridized carbons (Fsp3) is 1.00. The molecule has 0 bridgehead atoms. The first-order valence-corrected chi connectivity index (χ1v) is 4.83. The molecule has 0 N–H and O–H groups in total. The molecular formula is C6H12N2O2S. The van der Waals surface area contributed by atoms with E-state index >= 15 is 0 Å². The summed E-state index contributed by atoms with van der Waals surface area (Å²) in [5, 5.41) is 5.69. The van der Waals surface area contributed by atoms with Crippen LogP contribution in [0.15, 0.2) is 10.4 Å². The number of nitroso groups, excluding NO2 is 2. The second kappa shape index (κ2) is 6.27. The molecule has 0 fully saturated rings. The minimum Gasteiger partial charge on any atom is -0.163 e. The van der Waals surface area contributed by atoms with Gasteiger partial charge in [-0.05, 0) is 12.7 Å². The Hall–Kier alpha value is -0.450. The number of nitrogens with zero attached hydrogens (tertiary/aromatic N) is 2. The van der Waals surface area contributed by atoms with E-state index in [1.807, 2.05) is 13.2 Å². The largest absolute Gasteiger partial charge is 0.163 e. The molecule has 0 aliphatic rings. The lowest BCUT2D eigenvalue weighted by Gasteiger charge is -2.10. The van der Waals surface area contributed by atoms with Crippen molar-refractivity contribution >= 4 is 11.8 Å². The summed E-state index contributed by atoms with van der Waals surface area (Å²) in [4.78, 5) is 20.3. The van der Waals surface area contributed by atoms with Gasteiger partial charge in [-0.15, -0.1) is 0 Å². The Morgan fingerprint density at radius 2 is 1.82 bits per heavy atom.